The van der Waals surface area contributed by atoms with Crippen LogP contribution in [0.3, 0.4) is 0 Å². The zero-order chi connectivity index (χ0) is 11.5. The molecule has 0 rings (SSSR count). The molecule has 2 unspecified atom stereocenters. The Hall–Kier alpha value is -1.80. The van der Waals surface area contributed by atoms with Crippen LogP contribution < -0.4 is 0 Å². The lowest BCUT2D eigenvalue weighted by molar-refractivity contribution is 0.0450. The number of terminal acetylenes is 4. The Kier molecular flexibility index (Phi) is 7.73. The Bertz CT molecular complexity index is 292. The molecule has 0 heterocycles. The van der Waals surface area contributed by atoms with Crippen LogP contribution in [-0.2, 0) is 4.74 Å². The van der Waals surface area contributed by atoms with Gasteiger partial charge in [0.2, 0.25) is 0 Å². The third kappa shape index (κ3) is 6.29. The van der Waals surface area contributed by atoms with Gasteiger partial charge in [-0.05, 0) is 12.8 Å². The molecule has 1 heteroatoms. The number of hydrogen-bond donors (Lipinski definition) is 0. The van der Waals surface area contributed by atoms with Gasteiger partial charge in [-0.15, -0.1) is 37.5 Å². The summed E-state index contributed by atoms with van der Waals surface area (Å²) in [4.78, 5) is 0. The first-order valence-corrected chi connectivity index (χ1v) is 4.73. The highest BCUT2D eigenvalue weighted by Crippen LogP contribution is 2.08. The lowest BCUT2D eigenvalue weighted by Gasteiger charge is -2.16. The largest absolute Gasteiger partial charge is 0.350 e. The van der Waals surface area contributed by atoms with Crippen molar-refractivity contribution in [2.24, 2.45) is 0 Å². The van der Waals surface area contributed by atoms with Gasteiger partial charge in [0.25, 0.3) is 0 Å². The molecule has 76 valence electrons. The summed E-state index contributed by atoms with van der Waals surface area (Å²) in [7, 11) is 0. The van der Waals surface area contributed by atoms with Crippen LogP contribution in [0.2, 0.25) is 0 Å². The molecule has 15 heavy (non-hydrogen) atoms. The summed E-state index contributed by atoms with van der Waals surface area (Å²) >= 11 is 0. The van der Waals surface area contributed by atoms with Gasteiger partial charge < -0.3 is 4.74 Å². The highest BCUT2D eigenvalue weighted by atomic mass is 16.5. The quantitative estimate of drug-likeness (QED) is 0.592. The fourth-order valence-corrected chi connectivity index (χ4v) is 1.01. The van der Waals surface area contributed by atoms with Crippen LogP contribution in [0.15, 0.2) is 0 Å². The molecular formula is C14H14O. The van der Waals surface area contributed by atoms with Crippen molar-refractivity contribution in [3.63, 3.8) is 0 Å². The van der Waals surface area contributed by atoms with Crippen molar-refractivity contribution in [3.05, 3.63) is 0 Å². The van der Waals surface area contributed by atoms with E-state index in [1.54, 1.807) is 0 Å². The monoisotopic (exact) mass is 198 g/mol. The van der Waals surface area contributed by atoms with Gasteiger partial charge in [0, 0.05) is 12.8 Å². The number of ether oxygens (including phenoxy) is 1. The van der Waals surface area contributed by atoms with Gasteiger partial charge in [0.1, 0.15) is 12.2 Å². The van der Waals surface area contributed by atoms with Crippen molar-refractivity contribution in [2.45, 2.75) is 37.9 Å². The molecule has 0 aliphatic heterocycles. The van der Waals surface area contributed by atoms with Gasteiger partial charge in [-0.2, -0.15) is 0 Å². The molecule has 0 N–H and O–H groups in total. The minimum absolute atomic E-state index is 0.320. The van der Waals surface area contributed by atoms with Gasteiger partial charge in [-0.25, -0.2) is 0 Å². The maximum Gasteiger partial charge on any atom is 0.120 e. The first kappa shape index (κ1) is 13.2. The molecule has 0 aromatic carbocycles. The van der Waals surface area contributed by atoms with Crippen molar-refractivity contribution in [1.29, 1.82) is 0 Å². The maximum atomic E-state index is 5.49. The van der Waals surface area contributed by atoms with Crippen molar-refractivity contribution < 1.29 is 4.74 Å². The molecule has 0 radical (unpaired) electrons. The summed E-state index contributed by atoms with van der Waals surface area (Å²) in [6, 6.07) is 0. The summed E-state index contributed by atoms with van der Waals surface area (Å²) < 4.78 is 5.49. The Labute approximate surface area is 92.6 Å². The van der Waals surface area contributed by atoms with E-state index in [9.17, 15) is 0 Å². The normalized spacial score (nSPS) is 12.5. The third-order valence-corrected chi connectivity index (χ3v) is 1.80. The molecule has 2 atom stereocenters. The molecular weight excluding hydrogens is 184 g/mol. The molecule has 0 fully saturated rings. The molecule has 0 aromatic rings. The van der Waals surface area contributed by atoms with E-state index in [1.807, 2.05) is 0 Å². The van der Waals surface area contributed by atoms with Crippen LogP contribution in [0.5, 0.6) is 0 Å². The summed E-state index contributed by atoms with van der Waals surface area (Å²) in [6.45, 7) is 0. The van der Waals surface area contributed by atoms with Crippen molar-refractivity contribution >= 4 is 0 Å². The molecule has 0 aliphatic carbocycles. The van der Waals surface area contributed by atoms with E-state index < -0.39 is 0 Å². The molecule has 0 saturated carbocycles. The van der Waals surface area contributed by atoms with Gasteiger partial charge in [-0.3, -0.25) is 0 Å². The van der Waals surface area contributed by atoms with Gasteiger partial charge in [0.15, 0.2) is 0 Å². The Morgan fingerprint density at radius 1 is 0.800 bits per heavy atom. The summed E-state index contributed by atoms with van der Waals surface area (Å²) in [6.07, 6.45) is 22.6. The predicted molar refractivity (Wildman–Crippen MR) is 62.5 cm³/mol. The van der Waals surface area contributed by atoms with E-state index in [2.05, 4.69) is 23.7 Å². The SMILES string of the molecule is C#CCCC(C#C)OC(C#C)CCC#C. The van der Waals surface area contributed by atoms with Gasteiger partial charge in [-0.1, -0.05) is 11.8 Å². The van der Waals surface area contributed by atoms with Crippen LogP contribution >= 0.6 is 0 Å². The lowest BCUT2D eigenvalue weighted by atomic mass is 10.1. The highest BCUT2D eigenvalue weighted by Gasteiger charge is 2.11. The highest BCUT2D eigenvalue weighted by molar-refractivity contribution is 5.02. The summed E-state index contributed by atoms with van der Waals surface area (Å²) in [5.74, 6) is 10.0. The molecule has 1 nitrogen and oxygen atoms in total. The molecule has 0 aromatic heterocycles. The van der Waals surface area contributed by atoms with Crippen LogP contribution in [0.1, 0.15) is 25.7 Å². The maximum absolute atomic E-state index is 5.49. The third-order valence-electron chi connectivity index (χ3n) is 1.80. The molecule has 0 bridgehead atoms. The van der Waals surface area contributed by atoms with Crippen LogP contribution in [-0.4, -0.2) is 12.2 Å². The number of hydrogen-bond acceptors (Lipinski definition) is 1. The summed E-state index contributed by atoms with van der Waals surface area (Å²) in [5.41, 5.74) is 0. The van der Waals surface area contributed by atoms with E-state index in [1.165, 1.54) is 0 Å². The smallest absolute Gasteiger partial charge is 0.120 e. The fourth-order valence-electron chi connectivity index (χ4n) is 1.01. The van der Waals surface area contributed by atoms with Crippen LogP contribution in [0, 0.1) is 49.4 Å². The molecule has 0 amide bonds. The zero-order valence-corrected chi connectivity index (χ0v) is 8.70. The summed E-state index contributed by atoms with van der Waals surface area (Å²) in [5, 5.41) is 0. The number of rotatable bonds is 6. The Morgan fingerprint density at radius 2 is 1.20 bits per heavy atom. The van der Waals surface area contributed by atoms with E-state index in [4.69, 9.17) is 30.4 Å². The topological polar surface area (TPSA) is 9.23 Å². The van der Waals surface area contributed by atoms with Crippen molar-refractivity contribution in [2.75, 3.05) is 0 Å². The van der Waals surface area contributed by atoms with Crippen LogP contribution in [0.4, 0.5) is 0 Å². The van der Waals surface area contributed by atoms with Crippen LogP contribution in [0.25, 0.3) is 0 Å². The second-order valence-electron chi connectivity index (χ2n) is 2.93. The van der Waals surface area contributed by atoms with Crippen molar-refractivity contribution in [3.8, 4) is 49.4 Å². The van der Waals surface area contributed by atoms with E-state index in [0.29, 0.717) is 25.7 Å². The first-order chi connectivity index (χ1) is 7.28. The first-order valence-electron chi connectivity index (χ1n) is 4.73. The minimum Gasteiger partial charge on any atom is -0.350 e. The molecule has 0 spiro atoms. The minimum atomic E-state index is -0.320. The molecule has 0 saturated heterocycles. The van der Waals surface area contributed by atoms with Crippen molar-refractivity contribution in [1.82, 2.24) is 0 Å². The molecule has 0 aliphatic rings. The van der Waals surface area contributed by atoms with E-state index in [-0.39, 0.29) is 12.2 Å². The lowest BCUT2D eigenvalue weighted by Crippen LogP contribution is -2.19. The average Bonchev–Trinajstić information content (AvgIpc) is 2.28. The second-order valence-corrected chi connectivity index (χ2v) is 2.93. The van der Waals surface area contributed by atoms with Gasteiger partial charge >= 0.3 is 0 Å². The Balaban J connectivity index is 4.05. The average molecular weight is 198 g/mol. The zero-order valence-electron chi connectivity index (χ0n) is 8.70. The second kappa shape index (κ2) is 8.78. The standard InChI is InChI=1S/C14H14O/c1-5-9-11-13(7-3)15-14(8-4)12-10-6-2/h1-4,13-14H,9-12H2. The fraction of sp³-hybridized carbons (Fsp3) is 0.429. The van der Waals surface area contributed by atoms with E-state index >= 15 is 0 Å². The van der Waals surface area contributed by atoms with E-state index in [0.717, 1.165) is 0 Å². The van der Waals surface area contributed by atoms with Gasteiger partial charge in [0.05, 0.1) is 0 Å². The predicted octanol–water partition coefficient (Wildman–Crippen LogP) is 1.83. The Morgan fingerprint density at radius 3 is 1.47 bits per heavy atom.